The Bertz CT molecular complexity index is 532. The van der Waals surface area contributed by atoms with E-state index < -0.39 is 0 Å². The number of hydrogen-bond acceptors (Lipinski definition) is 2. The minimum Gasteiger partial charge on any atom is -0.461 e. The van der Waals surface area contributed by atoms with Crippen molar-refractivity contribution in [2.45, 2.75) is 72.1 Å². The van der Waals surface area contributed by atoms with E-state index in [0.717, 1.165) is 18.3 Å². The van der Waals surface area contributed by atoms with Gasteiger partial charge in [0.2, 0.25) is 0 Å². The lowest BCUT2D eigenvalue weighted by molar-refractivity contribution is -0.142. The van der Waals surface area contributed by atoms with E-state index >= 15 is 0 Å². The van der Waals surface area contributed by atoms with Crippen LogP contribution >= 0.6 is 0 Å². The number of hydrogen-bond donors (Lipinski definition) is 0. The fourth-order valence-electron chi connectivity index (χ4n) is 5.51. The zero-order chi connectivity index (χ0) is 16.7. The first kappa shape index (κ1) is 16.8. The third kappa shape index (κ3) is 2.90. The Balaban J connectivity index is 1.77. The molecule has 2 saturated carbocycles. The fraction of sp³-hybridized carbons (Fsp3) is 0.762. The summed E-state index contributed by atoms with van der Waals surface area (Å²) in [5.74, 6) is 1.44. The molecule has 0 spiro atoms. The van der Waals surface area contributed by atoms with Crippen molar-refractivity contribution < 1.29 is 9.53 Å². The normalized spacial score (nSPS) is 41.1. The van der Waals surface area contributed by atoms with Gasteiger partial charge in [0.15, 0.2) is 0 Å². The summed E-state index contributed by atoms with van der Waals surface area (Å²) in [4.78, 5) is 11.2. The van der Waals surface area contributed by atoms with E-state index in [1.807, 2.05) is 0 Å². The first-order valence-electron chi connectivity index (χ1n) is 9.38. The van der Waals surface area contributed by atoms with E-state index in [0.29, 0.717) is 23.9 Å². The zero-order valence-electron chi connectivity index (χ0n) is 15.1. The van der Waals surface area contributed by atoms with Crippen LogP contribution in [0.1, 0.15) is 72.1 Å². The monoisotopic (exact) mass is 316 g/mol. The molecule has 0 aromatic heterocycles. The van der Waals surface area contributed by atoms with Crippen LogP contribution in [0.4, 0.5) is 0 Å². The van der Waals surface area contributed by atoms with E-state index in [4.69, 9.17) is 4.74 Å². The molecular formula is C21H32O2. The van der Waals surface area contributed by atoms with Gasteiger partial charge in [0.05, 0.1) is 6.42 Å². The van der Waals surface area contributed by atoms with Crippen LogP contribution in [0.2, 0.25) is 0 Å². The van der Waals surface area contributed by atoms with Crippen molar-refractivity contribution in [3.8, 4) is 0 Å². The van der Waals surface area contributed by atoms with Gasteiger partial charge in [-0.15, -0.1) is 0 Å². The lowest BCUT2D eigenvalue weighted by atomic mass is 9.46. The van der Waals surface area contributed by atoms with Crippen molar-refractivity contribution in [2.75, 3.05) is 6.61 Å². The Hall–Kier alpha value is -1.05. The second-order valence-electron chi connectivity index (χ2n) is 8.64. The number of ether oxygens (including phenoxy) is 1. The highest BCUT2D eigenvalue weighted by atomic mass is 16.5. The second-order valence-corrected chi connectivity index (χ2v) is 8.64. The number of fused-ring (bicyclic) bond motifs is 1. The number of allylic oxidation sites excluding steroid dienone is 1. The van der Waals surface area contributed by atoms with Crippen molar-refractivity contribution in [3.63, 3.8) is 0 Å². The van der Waals surface area contributed by atoms with E-state index in [1.165, 1.54) is 49.7 Å². The van der Waals surface area contributed by atoms with E-state index in [1.54, 1.807) is 0 Å². The molecule has 0 amide bonds. The lowest BCUT2D eigenvalue weighted by Gasteiger charge is -2.59. The van der Waals surface area contributed by atoms with Gasteiger partial charge in [-0.2, -0.15) is 0 Å². The van der Waals surface area contributed by atoms with Gasteiger partial charge in [0.25, 0.3) is 0 Å². The lowest BCUT2D eigenvalue weighted by Crippen LogP contribution is -2.50. The Morgan fingerprint density at radius 1 is 1.35 bits per heavy atom. The highest BCUT2D eigenvalue weighted by molar-refractivity contribution is 5.72. The molecule has 0 saturated heterocycles. The summed E-state index contributed by atoms with van der Waals surface area (Å²) in [6, 6.07) is 0. The molecule has 2 aliphatic carbocycles. The van der Waals surface area contributed by atoms with Crippen LogP contribution in [-0.4, -0.2) is 12.6 Å². The van der Waals surface area contributed by atoms with Gasteiger partial charge in [-0.25, -0.2) is 0 Å². The van der Waals surface area contributed by atoms with Crippen LogP contribution in [0.15, 0.2) is 23.8 Å². The molecule has 1 heterocycles. The van der Waals surface area contributed by atoms with Gasteiger partial charge >= 0.3 is 5.97 Å². The molecule has 1 aliphatic heterocycles. The quantitative estimate of drug-likeness (QED) is 0.512. The topological polar surface area (TPSA) is 26.3 Å². The van der Waals surface area contributed by atoms with E-state index in [-0.39, 0.29) is 5.97 Å². The Labute approximate surface area is 141 Å². The van der Waals surface area contributed by atoms with Crippen LogP contribution in [0.5, 0.6) is 0 Å². The molecule has 1 unspecified atom stereocenters. The largest absolute Gasteiger partial charge is 0.461 e. The second kappa shape index (κ2) is 6.11. The van der Waals surface area contributed by atoms with Gasteiger partial charge in [0, 0.05) is 0 Å². The van der Waals surface area contributed by atoms with Crippen molar-refractivity contribution in [1.29, 1.82) is 0 Å². The number of rotatable bonds is 3. The number of carbonyl (C=O) groups is 1. The molecular weight excluding hydrogens is 284 g/mol. The predicted molar refractivity (Wildman–Crippen MR) is 94.0 cm³/mol. The third-order valence-electron chi connectivity index (χ3n) is 7.53. The van der Waals surface area contributed by atoms with Crippen LogP contribution in [0, 0.1) is 22.7 Å². The summed E-state index contributed by atoms with van der Waals surface area (Å²) in [5.41, 5.74) is 3.53. The number of carbonyl (C=O) groups excluding carboxylic acids is 1. The molecule has 2 heteroatoms. The molecule has 3 aliphatic rings. The van der Waals surface area contributed by atoms with E-state index in [9.17, 15) is 4.79 Å². The van der Waals surface area contributed by atoms with Crippen molar-refractivity contribution in [2.24, 2.45) is 22.7 Å². The average molecular weight is 316 g/mol. The maximum atomic E-state index is 11.2. The van der Waals surface area contributed by atoms with Gasteiger partial charge in [0.1, 0.15) is 6.61 Å². The molecule has 2 nitrogen and oxygen atoms in total. The Kier molecular flexibility index (Phi) is 4.46. The van der Waals surface area contributed by atoms with E-state index in [2.05, 4.69) is 33.4 Å². The van der Waals surface area contributed by atoms with Crippen molar-refractivity contribution >= 4 is 5.97 Å². The average Bonchev–Trinajstić information content (AvgIpc) is 2.53. The van der Waals surface area contributed by atoms with Gasteiger partial charge in [-0.05, 0) is 73.2 Å². The minimum absolute atomic E-state index is 0.0813. The number of cyclic esters (lactones) is 1. The van der Waals surface area contributed by atoms with Crippen molar-refractivity contribution in [1.82, 2.24) is 0 Å². The summed E-state index contributed by atoms with van der Waals surface area (Å²) in [7, 11) is 0. The molecule has 0 aromatic rings. The molecule has 0 radical (unpaired) electrons. The predicted octanol–water partition coefficient (Wildman–Crippen LogP) is 5.44. The van der Waals surface area contributed by atoms with Crippen LogP contribution < -0.4 is 0 Å². The van der Waals surface area contributed by atoms with Crippen LogP contribution in [0.25, 0.3) is 0 Å². The summed E-state index contributed by atoms with van der Waals surface area (Å²) in [5, 5.41) is 0. The molecule has 2 fully saturated rings. The summed E-state index contributed by atoms with van der Waals surface area (Å²) in [6.07, 6.45) is 11.4. The summed E-state index contributed by atoms with van der Waals surface area (Å²) >= 11 is 0. The first-order chi connectivity index (χ1) is 10.9. The van der Waals surface area contributed by atoms with Crippen molar-refractivity contribution in [3.05, 3.63) is 23.8 Å². The first-order valence-corrected chi connectivity index (χ1v) is 9.38. The van der Waals surface area contributed by atoms with Crippen LogP contribution in [0.3, 0.4) is 0 Å². The molecule has 128 valence electrons. The summed E-state index contributed by atoms with van der Waals surface area (Å²) < 4.78 is 5.21. The van der Waals surface area contributed by atoms with Gasteiger partial charge in [-0.3, -0.25) is 4.79 Å². The molecule has 0 bridgehead atoms. The minimum atomic E-state index is -0.0813. The molecule has 3 rings (SSSR count). The SMILES string of the molecule is C=C1CCCC2[C@@]1(C)CC[C@H](C)[C@]2(C)CCC1=CCC(=O)OC1. The smallest absolute Gasteiger partial charge is 0.309 e. The third-order valence-corrected chi connectivity index (χ3v) is 7.53. The maximum Gasteiger partial charge on any atom is 0.309 e. The standard InChI is InChI=1S/C21H32O2/c1-15-6-5-7-18-20(15,3)12-10-16(2)21(18,4)13-11-17-8-9-19(22)23-14-17/h8,16,18H,1,5-7,9-14H2,2-4H3/t16-,18?,20-,21-/m0/s1. The van der Waals surface area contributed by atoms with Gasteiger partial charge < -0.3 is 4.74 Å². The molecule has 23 heavy (non-hydrogen) atoms. The number of esters is 1. The molecule has 0 N–H and O–H groups in total. The fourth-order valence-corrected chi connectivity index (χ4v) is 5.51. The Morgan fingerprint density at radius 3 is 2.83 bits per heavy atom. The summed E-state index contributed by atoms with van der Waals surface area (Å²) in [6.45, 7) is 12.4. The van der Waals surface area contributed by atoms with Gasteiger partial charge in [-0.1, -0.05) is 39.0 Å². The van der Waals surface area contributed by atoms with Crippen LogP contribution in [-0.2, 0) is 9.53 Å². The maximum absolute atomic E-state index is 11.2. The molecule has 0 aromatic carbocycles. The zero-order valence-corrected chi connectivity index (χ0v) is 15.1. The molecule has 4 atom stereocenters. The highest BCUT2D eigenvalue weighted by Crippen LogP contribution is 2.62. The highest BCUT2D eigenvalue weighted by Gasteiger charge is 2.53. The Morgan fingerprint density at radius 2 is 2.13 bits per heavy atom.